The standard InChI is InChI=1S/2C16H13N3O3/c17-12-3-1-2-8-6-13-11(7-10(8)12)15(19-22-13)9-4-5-14(20)18-16(9)21;17-12-3-1-2-8-6-11-13(7-10(8)12)22-19-15(11)9-4-5-14(20)18-16(9)21/h2*1-3,6-7,9H,4-5,17H2,(H,18,20,21). The summed E-state index contributed by atoms with van der Waals surface area (Å²) in [5.41, 5.74) is 15.6. The van der Waals surface area contributed by atoms with E-state index in [1.165, 1.54) is 0 Å². The average molecular weight is 591 g/mol. The van der Waals surface area contributed by atoms with Gasteiger partial charge in [0.05, 0.1) is 11.8 Å². The SMILES string of the molecule is Nc1cccc2cc3c(C4CCC(=O)NC4=O)noc3cc12.Nc1cccc2cc3onc(C4CCC(=O)NC4=O)c3cc12. The lowest BCUT2D eigenvalue weighted by atomic mass is 9.92. The summed E-state index contributed by atoms with van der Waals surface area (Å²) in [7, 11) is 0. The molecule has 2 aliphatic rings. The monoisotopic (exact) mass is 590 g/mol. The van der Waals surface area contributed by atoms with Crippen LogP contribution in [0.5, 0.6) is 0 Å². The molecule has 2 aromatic heterocycles. The average Bonchev–Trinajstić information content (AvgIpc) is 3.60. The van der Waals surface area contributed by atoms with Gasteiger partial charge < -0.3 is 20.5 Å². The van der Waals surface area contributed by atoms with E-state index in [9.17, 15) is 19.2 Å². The van der Waals surface area contributed by atoms with E-state index in [1.807, 2.05) is 60.7 Å². The maximum atomic E-state index is 12.0. The summed E-state index contributed by atoms with van der Waals surface area (Å²) in [5, 5.41) is 18.1. The molecule has 12 nitrogen and oxygen atoms in total. The van der Waals surface area contributed by atoms with Crippen LogP contribution < -0.4 is 22.1 Å². The second-order valence-electron chi connectivity index (χ2n) is 11.0. The fourth-order valence-corrected chi connectivity index (χ4v) is 5.92. The molecule has 0 aliphatic carbocycles. The third kappa shape index (κ3) is 4.66. The molecule has 8 rings (SSSR count). The molecule has 6 aromatic rings. The quantitative estimate of drug-likeness (QED) is 0.168. The summed E-state index contributed by atoms with van der Waals surface area (Å²) in [6.07, 6.45) is 1.50. The number of nitrogens with one attached hydrogen (secondary N) is 2. The molecule has 4 amide bonds. The highest BCUT2D eigenvalue weighted by atomic mass is 16.5. The lowest BCUT2D eigenvalue weighted by Crippen LogP contribution is -2.39. The van der Waals surface area contributed by atoms with Crippen LogP contribution in [0.1, 0.15) is 48.9 Å². The Balaban J connectivity index is 0.000000142. The third-order valence-electron chi connectivity index (χ3n) is 8.20. The molecule has 0 saturated carbocycles. The van der Waals surface area contributed by atoms with Crippen molar-refractivity contribution < 1.29 is 28.2 Å². The molecule has 0 spiro atoms. The molecule has 4 heterocycles. The number of nitrogens with zero attached hydrogens (tertiary/aromatic N) is 2. The molecule has 0 bridgehead atoms. The van der Waals surface area contributed by atoms with Gasteiger partial charge in [-0.05, 0) is 60.0 Å². The van der Waals surface area contributed by atoms with Crippen LogP contribution in [0.25, 0.3) is 43.5 Å². The number of amides is 4. The summed E-state index contributed by atoms with van der Waals surface area (Å²) in [4.78, 5) is 46.6. The normalized spacial score (nSPS) is 18.8. The first-order valence-electron chi connectivity index (χ1n) is 14.1. The van der Waals surface area contributed by atoms with E-state index >= 15 is 0 Å². The van der Waals surface area contributed by atoms with Gasteiger partial charge in [-0.2, -0.15) is 0 Å². The highest BCUT2D eigenvalue weighted by Crippen LogP contribution is 2.35. The number of benzene rings is 4. The Kier molecular flexibility index (Phi) is 6.46. The van der Waals surface area contributed by atoms with Crippen molar-refractivity contribution in [3.63, 3.8) is 0 Å². The predicted octanol–water partition coefficient (Wildman–Crippen LogP) is 4.17. The number of aromatic nitrogens is 2. The predicted molar refractivity (Wildman–Crippen MR) is 162 cm³/mol. The number of carbonyl (C=O) groups excluding carboxylic acids is 4. The summed E-state index contributed by atoms with van der Waals surface area (Å²) in [5.74, 6) is -2.07. The minimum Gasteiger partial charge on any atom is -0.398 e. The fourth-order valence-electron chi connectivity index (χ4n) is 5.92. The number of hydrogen-bond donors (Lipinski definition) is 4. The van der Waals surface area contributed by atoms with Gasteiger partial charge in [0.1, 0.15) is 11.4 Å². The first-order chi connectivity index (χ1) is 21.3. The maximum absolute atomic E-state index is 12.0. The molecule has 2 saturated heterocycles. The number of imide groups is 2. The van der Waals surface area contributed by atoms with Crippen LogP contribution in [-0.4, -0.2) is 33.9 Å². The molecule has 0 radical (unpaired) electrons. The third-order valence-corrected chi connectivity index (χ3v) is 8.20. The molecule has 44 heavy (non-hydrogen) atoms. The summed E-state index contributed by atoms with van der Waals surface area (Å²) in [6.45, 7) is 0. The van der Waals surface area contributed by atoms with Gasteiger partial charge in [-0.25, -0.2) is 0 Å². The summed E-state index contributed by atoms with van der Waals surface area (Å²) < 4.78 is 10.7. The number of piperidine rings is 2. The molecule has 12 heteroatoms. The van der Waals surface area contributed by atoms with E-state index in [-0.39, 0.29) is 23.6 Å². The second-order valence-corrected chi connectivity index (χ2v) is 11.0. The number of hydrogen-bond acceptors (Lipinski definition) is 10. The summed E-state index contributed by atoms with van der Waals surface area (Å²) >= 11 is 0. The smallest absolute Gasteiger partial charge is 0.235 e. The van der Waals surface area contributed by atoms with E-state index < -0.39 is 11.8 Å². The molecule has 2 atom stereocenters. The maximum Gasteiger partial charge on any atom is 0.235 e. The number of rotatable bonds is 2. The Morgan fingerprint density at radius 3 is 1.64 bits per heavy atom. The number of fused-ring (bicyclic) bond motifs is 4. The van der Waals surface area contributed by atoms with Crippen LogP contribution in [0.3, 0.4) is 0 Å². The zero-order valence-corrected chi connectivity index (χ0v) is 23.3. The lowest BCUT2D eigenvalue weighted by Gasteiger charge is -2.18. The topological polar surface area (TPSA) is 196 Å². The van der Waals surface area contributed by atoms with E-state index in [2.05, 4.69) is 20.9 Å². The van der Waals surface area contributed by atoms with Gasteiger partial charge in [-0.1, -0.05) is 34.6 Å². The Morgan fingerprint density at radius 1 is 0.614 bits per heavy atom. The molecular weight excluding hydrogens is 564 g/mol. The largest absolute Gasteiger partial charge is 0.398 e. The molecule has 4 aromatic carbocycles. The fraction of sp³-hybridized carbons (Fsp3) is 0.188. The van der Waals surface area contributed by atoms with Gasteiger partial charge in [-0.3, -0.25) is 29.8 Å². The number of nitrogen functional groups attached to an aromatic ring is 2. The van der Waals surface area contributed by atoms with Crippen molar-refractivity contribution in [3.8, 4) is 0 Å². The molecule has 220 valence electrons. The van der Waals surface area contributed by atoms with Crippen molar-refractivity contribution in [2.75, 3.05) is 11.5 Å². The van der Waals surface area contributed by atoms with Gasteiger partial charge in [0.15, 0.2) is 11.2 Å². The van der Waals surface area contributed by atoms with Crippen molar-refractivity contribution in [1.29, 1.82) is 0 Å². The lowest BCUT2D eigenvalue weighted by molar-refractivity contribution is -0.136. The molecule has 6 N–H and O–H groups in total. The van der Waals surface area contributed by atoms with E-state index in [1.54, 1.807) is 0 Å². The van der Waals surface area contributed by atoms with E-state index in [0.717, 1.165) is 32.3 Å². The molecule has 2 aliphatic heterocycles. The van der Waals surface area contributed by atoms with E-state index in [0.29, 0.717) is 59.6 Å². The Hall–Kier alpha value is -5.78. The highest BCUT2D eigenvalue weighted by Gasteiger charge is 2.33. The summed E-state index contributed by atoms with van der Waals surface area (Å²) in [6, 6.07) is 18.8. The Bertz CT molecular complexity index is 2170. The van der Waals surface area contributed by atoms with Crippen LogP contribution in [-0.2, 0) is 19.2 Å². The van der Waals surface area contributed by atoms with Crippen molar-refractivity contribution in [2.24, 2.45) is 0 Å². The van der Waals surface area contributed by atoms with E-state index in [4.69, 9.17) is 20.5 Å². The molecule has 2 fully saturated rings. The Labute approximate surface area is 248 Å². The number of carbonyl (C=O) groups is 4. The van der Waals surface area contributed by atoms with Crippen LogP contribution in [0.2, 0.25) is 0 Å². The van der Waals surface area contributed by atoms with Gasteiger partial charge in [0.2, 0.25) is 23.6 Å². The van der Waals surface area contributed by atoms with Gasteiger partial charge in [0, 0.05) is 45.8 Å². The van der Waals surface area contributed by atoms with Crippen molar-refractivity contribution in [1.82, 2.24) is 20.9 Å². The number of nitrogens with two attached hydrogens (primary N) is 2. The van der Waals surface area contributed by atoms with Gasteiger partial charge >= 0.3 is 0 Å². The second kappa shape index (κ2) is 10.5. The first kappa shape index (κ1) is 27.1. The van der Waals surface area contributed by atoms with Crippen LogP contribution in [0, 0.1) is 0 Å². The number of anilines is 2. The zero-order chi connectivity index (χ0) is 30.5. The zero-order valence-electron chi connectivity index (χ0n) is 23.3. The first-order valence-corrected chi connectivity index (χ1v) is 14.1. The van der Waals surface area contributed by atoms with Crippen LogP contribution in [0.15, 0.2) is 69.7 Å². The minimum absolute atomic E-state index is 0.243. The highest BCUT2D eigenvalue weighted by molar-refractivity contribution is 6.07. The Morgan fingerprint density at radius 2 is 1.09 bits per heavy atom. The van der Waals surface area contributed by atoms with Crippen LogP contribution >= 0.6 is 0 Å². The van der Waals surface area contributed by atoms with Crippen molar-refractivity contribution >= 4 is 78.5 Å². The van der Waals surface area contributed by atoms with Crippen LogP contribution in [0.4, 0.5) is 11.4 Å². The molecular formula is C32H26N6O6. The van der Waals surface area contributed by atoms with Gasteiger partial charge in [0.25, 0.3) is 0 Å². The molecule has 2 unspecified atom stereocenters. The van der Waals surface area contributed by atoms with Gasteiger partial charge in [-0.15, -0.1) is 0 Å². The minimum atomic E-state index is -0.471. The van der Waals surface area contributed by atoms with Crippen molar-refractivity contribution in [3.05, 3.63) is 72.1 Å². The van der Waals surface area contributed by atoms with Crippen molar-refractivity contribution in [2.45, 2.75) is 37.5 Å².